The molecule has 0 bridgehead atoms. The van der Waals surface area contributed by atoms with E-state index in [0.29, 0.717) is 23.6 Å². The van der Waals surface area contributed by atoms with Crippen LogP contribution in [0.15, 0.2) is 33.5 Å². The summed E-state index contributed by atoms with van der Waals surface area (Å²) >= 11 is 6.25. The molecule has 0 radical (unpaired) electrons. The van der Waals surface area contributed by atoms with Crippen molar-refractivity contribution >= 4 is 33.5 Å². The van der Waals surface area contributed by atoms with Crippen molar-refractivity contribution in [2.45, 2.75) is 6.42 Å². The van der Waals surface area contributed by atoms with Crippen LogP contribution in [0.1, 0.15) is 5.56 Å². The molecule has 2 heterocycles. The Morgan fingerprint density at radius 2 is 1.82 bits per heavy atom. The van der Waals surface area contributed by atoms with E-state index in [4.69, 9.17) is 26.3 Å². The van der Waals surface area contributed by atoms with Gasteiger partial charge in [-0.2, -0.15) is 0 Å². The first-order valence-electron chi connectivity index (χ1n) is 5.19. The molecule has 0 aliphatic heterocycles. The Hall–Kier alpha value is -1.49. The maximum absolute atomic E-state index is 6.25. The fraction of sp³-hybridized carbons (Fsp3) is 0.167. The van der Waals surface area contributed by atoms with Crippen molar-refractivity contribution in [1.29, 1.82) is 0 Å². The van der Waals surface area contributed by atoms with Gasteiger partial charge in [-0.15, -0.1) is 0 Å². The van der Waals surface area contributed by atoms with Crippen molar-refractivity contribution in [3.63, 3.8) is 0 Å². The van der Waals surface area contributed by atoms with Crippen molar-refractivity contribution in [1.82, 2.24) is 0 Å². The van der Waals surface area contributed by atoms with Gasteiger partial charge in [-0.1, -0.05) is 11.6 Å². The molecule has 0 amide bonds. The van der Waals surface area contributed by atoms with Crippen LogP contribution in [0.25, 0.3) is 21.9 Å². The molecule has 0 saturated carbocycles. The number of halogens is 1. The topological polar surface area (TPSA) is 61.5 Å². The van der Waals surface area contributed by atoms with E-state index in [1.54, 1.807) is 12.5 Å². The second kappa shape index (κ2) is 4.07. The summed E-state index contributed by atoms with van der Waals surface area (Å²) in [4.78, 5) is 4.62. The van der Waals surface area contributed by atoms with Crippen LogP contribution in [0.2, 0.25) is 5.02 Å². The van der Waals surface area contributed by atoms with Crippen LogP contribution in [-0.4, -0.2) is 6.61 Å². The molecule has 5 heteroatoms. The second-order valence-corrected chi connectivity index (χ2v) is 4.12. The number of fused-ring (bicyclic) bond motifs is 2. The van der Waals surface area contributed by atoms with Crippen molar-refractivity contribution in [3.05, 3.63) is 35.2 Å². The minimum atomic E-state index is 0.414. The third-order valence-electron chi connectivity index (χ3n) is 2.84. The van der Waals surface area contributed by atoms with E-state index in [9.17, 15) is 0 Å². The molecule has 2 aromatic heterocycles. The molecular weight excluding hydrogens is 242 g/mol. The number of rotatable bonds is 3. The van der Waals surface area contributed by atoms with Crippen LogP contribution >= 0.6 is 11.6 Å². The molecule has 0 unspecified atom stereocenters. The van der Waals surface area contributed by atoms with Crippen LogP contribution in [0.4, 0.5) is 0 Å². The van der Waals surface area contributed by atoms with Gasteiger partial charge in [-0.05, 0) is 12.1 Å². The Morgan fingerprint density at radius 1 is 1.12 bits per heavy atom. The summed E-state index contributed by atoms with van der Waals surface area (Å²) in [5, 5.41) is 2.36. The number of benzene rings is 1. The quantitative estimate of drug-likeness (QED) is 0.726. The normalized spacial score (nSPS) is 11.6. The van der Waals surface area contributed by atoms with Gasteiger partial charge in [0.1, 0.15) is 5.58 Å². The highest BCUT2D eigenvalue weighted by Gasteiger charge is 2.17. The summed E-state index contributed by atoms with van der Waals surface area (Å²) in [5.41, 5.74) is 2.44. The maximum Gasteiger partial charge on any atom is 0.153 e. The molecule has 0 aliphatic rings. The maximum atomic E-state index is 6.25. The summed E-state index contributed by atoms with van der Waals surface area (Å²) in [6.45, 7) is 0.414. The molecule has 2 N–H and O–H groups in total. The molecule has 0 spiro atoms. The Kier molecular flexibility index (Phi) is 2.55. The lowest BCUT2D eigenvalue weighted by atomic mass is 10.0. The fourth-order valence-corrected chi connectivity index (χ4v) is 2.38. The molecule has 3 rings (SSSR count). The van der Waals surface area contributed by atoms with Gasteiger partial charge in [0, 0.05) is 22.8 Å². The first kappa shape index (κ1) is 10.7. The number of hydrogen-bond acceptors (Lipinski definition) is 4. The molecule has 0 saturated heterocycles. The first-order valence-corrected chi connectivity index (χ1v) is 5.57. The Bertz CT molecular complexity index is 619. The second-order valence-electron chi connectivity index (χ2n) is 3.74. The lowest BCUT2D eigenvalue weighted by molar-refractivity contribution is 0.141. The van der Waals surface area contributed by atoms with Crippen LogP contribution in [-0.2, 0) is 11.3 Å². The fourth-order valence-electron chi connectivity index (χ4n) is 2.09. The van der Waals surface area contributed by atoms with Crippen LogP contribution < -0.4 is 5.90 Å². The molecule has 17 heavy (non-hydrogen) atoms. The average molecular weight is 252 g/mol. The van der Waals surface area contributed by atoms with Gasteiger partial charge in [-0.3, -0.25) is 0 Å². The standard InChI is InChI=1S/C12H10ClNO3/c13-10-9-2-5-15-11(9)7(3-6-17-14)8-1-4-16-12(8)10/h1-2,4-5H,3,6,14H2. The molecule has 4 nitrogen and oxygen atoms in total. The predicted octanol–water partition coefficient (Wildman–Crippen LogP) is 3.27. The number of furan rings is 2. The first-order chi connectivity index (χ1) is 8.33. The van der Waals surface area contributed by atoms with Gasteiger partial charge in [0.05, 0.1) is 24.2 Å². The zero-order valence-electron chi connectivity index (χ0n) is 8.90. The molecular formula is C12H10ClNO3. The smallest absolute Gasteiger partial charge is 0.153 e. The largest absolute Gasteiger partial charge is 0.464 e. The summed E-state index contributed by atoms with van der Waals surface area (Å²) in [6, 6.07) is 3.70. The molecule has 0 atom stereocenters. The van der Waals surface area contributed by atoms with Gasteiger partial charge < -0.3 is 13.7 Å². The van der Waals surface area contributed by atoms with Crippen molar-refractivity contribution in [3.8, 4) is 0 Å². The lowest BCUT2D eigenvalue weighted by Gasteiger charge is -2.05. The number of nitrogens with two attached hydrogens (primary N) is 1. The van der Waals surface area contributed by atoms with E-state index in [2.05, 4.69) is 4.84 Å². The molecule has 88 valence electrons. The van der Waals surface area contributed by atoms with Crippen LogP contribution in [0.3, 0.4) is 0 Å². The van der Waals surface area contributed by atoms with E-state index < -0.39 is 0 Å². The van der Waals surface area contributed by atoms with Gasteiger partial charge in [0.2, 0.25) is 0 Å². The Labute approximate surface area is 102 Å². The van der Waals surface area contributed by atoms with E-state index >= 15 is 0 Å². The van der Waals surface area contributed by atoms with Gasteiger partial charge in [-0.25, -0.2) is 5.90 Å². The van der Waals surface area contributed by atoms with E-state index in [-0.39, 0.29) is 0 Å². The van der Waals surface area contributed by atoms with Crippen molar-refractivity contribution in [2.75, 3.05) is 6.61 Å². The zero-order valence-corrected chi connectivity index (χ0v) is 9.66. The lowest BCUT2D eigenvalue weighted by Crippen LogP contribution is -2.04. The Morgan fingerprint density at radius 3 is 2.59 bits per heavy atom. The van der Waals surface area contributed by atoms with E-state index in [0.717, 1.165) is 21.9 Å². The molecule has 0 fully saturated rings. The van der Waals surface area contributed by atoms with Gasteiger partial charge in [0.15, 0.2) is 5.58 Å². The predicted molar refractivity (Wildman–Crippen MR) is 64.8 cm³/mol. The summed E-state index contributed by atoms with van der Waals surface area (Å²) < 4.78 is 10.9. The van der Waals surface area contributed by atoms with Crippen molar-refractivity contribution in [2.24, 2.45) is 5.90 Å². The summed E-state index contributed by atoms with van der Waals surface area (Å²) in [7, 11) is 0. The monoisotopic (exact) mass is 251 g/mol. The van der Waals surface area contributed by atoms with Crippen LogP contribution in [0.5, 0.6) is 0 Å². The van der Waals surface area contributed by atoms with E-state index in [1.165, 1.54) is 0 Å². The Balaban J connectivity index is 2.35. The molecule has 0 aliphatic carbocycles. The summed E-state index contributed by atoms with van der Waals surface area (Å²) in [6.07, 6.45) is 3.87. The minimum Gasteiger partial charge on any atom is -0.464 e. The van der Waals surface area contributed by atoms with Gasteiger partial charge >= 0.3 is 0 Å². The highest BCUT2D eigenvalue weighted by molar-refractivity contribution is 6.40. The minimum absolute atomic E-state index is 0.414. The SMILES string of the molecule is NOCCc1c2ccoc2c(Cl)c2ccoc12. The molecule has 3 aromatic rings. The molecule has 1 aromatic carbocycles. The zero-order chi connectivity index (χ0) is 11.8. The highest BCUT2D eigenvalue weighted by Crippen LogP contribution is 2.37. The van der Waals surface area contributed by atoms with Crippen LogP contribution in [0, 0.1) is 0 Å². The van der Waals surface area contributed by atoms with E-state index in [1.807, 2.05) is 12.1 Å². The third-order valence-corrected chi connectivity index (χ3v) is 3.21. The average Bonchev–Trinajstić information content (AvgIpc) is 2.97. The summed E-state index contributed by atoms with van der Waals surface area (Å²) in [5.74, 6) is 5.06. The third kappa shape index (κ3) is 1.53. The van der Waals surface area contributed by atoms with Gasteiger partial charge in [0.25, 0.3) is 0 Å². The van der Waals surface area contributed by atoms with Crippen molar-refractivity contribution < 1.29 is 13.7 Å². The number of hydrogen-bond donors (Lipinski definition) is 1. The highest BCUT2D eigenvalue weighted by atomic mass is 35.5.